The lowest BCUT2D eigenvalue weighted by molar-refractivity contribution is 1.21. The Labute approximate surface area is 139 Å². The Morgan fingerprint density at radius 3 is 2.70 bits per heavy atom. The molecule has 0 aliphatic heterocycles. The summed E-state index contributed by atoms with van der Waals surface area (Å²) in [5, 5.41) is 2.31. The molecule has 4 rings (SSSR count). The molecular weight excluding hydrogens is 302 g/mol. The Balaban J connectivity index is 2.07. The van der Waals surface area contributed by atoms with Crippen molar-refractivity contribution in [2.75, 3.05) is 12.0 Å². The molecular formula is C19H17N3S. The van der Waals surface area contributed by atoms with Crippen LogP contribution in [0.2, 0.25) is 0 Å². The number of hydrogen-bond acceptors (Lipinski definition) is 3. The zero-order chi connectivity index (χ0) is 16.0. The van der Waals surface area contributed by atoms with Crippen molar-refractivity contribution in [1.29, 1.82) is 0 Å². The van der Waals surface area contributed by atoms with Crippen LogP contribution < -0.4 is 5.73 Å². The highest BCUT2D eigenvalue weighted by Gasteiger charge is 2.14. The number of benzene rings is 2. The van der Waals surface area contributed by atoms with E-state index in [0.717, 1.165) is 22.3 Å². The predicted octanol–water partition coefficient (Wildman–Crippen LogP) is 4.77. The topological polar surface area (TPSA) is 43.3 Å². The van der Waals surface area contributed by atoms with Crippen molar-refractivity contribution in [3.63, 3.8) is 0 Å². The third-order valence-electron chi connectivity index (χ3n) is 4.25. The van der Waals surface area contributed by atoms with Crippen LogP contribution in [0, 0.1) is 6.92 Å². The number of fused-ring (bicyclic) bond motifs is 3. The number of imidazole rings is 1. The van der Waals surface area contributed by atoms with Gasteiger partial charge in [-0.05, 0) is 42.3 Å². The molecule has 0 bridgehead atoms. The number of hydrogen-bond donors (Lipinski definition) is 1. The van der Waals surface area contributed by atoms with Crippen LogP contribution in [0.5, 0.6) is 0 Å². The Morgan fingerprint density at radius 1 is 1.09 bits per heavy atom. The quantitative estimate of drug-likeness (QED) is 0.541. The number of nitrogens with two attached hydrogens (primary N) is 1. The average Bonchev–Trinajstić information content (AvgIpc) is 2.92. The molecule has 2 N–H and O–H groups in total. The van der Waals surface area contributed by atoms with Gasteiger partial charge in [0.05, 0.1) is 0 Å². The molecule has 23 heavy (non-hydrogen) atoms. The molecule has 2 aromatic heterocycles. The van der Waals surface area contributed by atoms with Crippen molar-refractivity contribution in [3.8, 4) is 11.3 Å². The van der Waals surface area contributed by atoms with Gasteiger partial charge in [-0.25, -0.2) is 4.98 Å². The van der Waals surface area contributed by atoms with E-state index in [1.165, 1.54) is 15.8 Å². The van der Waals surface area contributed by atoms with Crippen molar-refractivity contribution in [2.24, 2.45) is 0 Å². The van der Waals surface area contributed by atoms with Crippen LogP contribution >= 0.6 is 11.8 Å². The third-order valence-corrected chi connectivity index (χ3v) is 4.98. The van der Waals surface area contributed by atoms with Gasteiger partial charge in [-0.1, -0.05) is 30.3 Å². The van der Waals surface area contributed by atoms with Gasteiger partial charge in [0.15, 0.2) is 0 Å². The molecule has 0 radical (unpaired) electrons. The first-order valence-electron chi connectivity index (χ1n) is 7.49. The Kier molecular flexibility index (Phi) is 3.27. The van der Waals surface area contributed by atoms with Gasteiger partial charge in [0.1, 0.15) is 17.2 Å². The van der Waals surface area contributed by atoms with Crippen LogP contribution in [0.3, 0.4) is 0 Å². The molecule has 114 valence electrons. The molecule has 0 fully saturated rings. The van der Waals surface area contributed by atoms with Gasteiger partial charge in [-0.2, -0.15) is 0 Å². The van der Waals surface area contributed by atoms with Crippen molar-refractivity contribution in [1.82, 2.24) is 9.38 Å². The molecule has 0 unspecified atom stereocenters. The fourth-order valence-electron chi connectivity index (χ4n) is 2.98. The normalized spacial score (nSPS) is 11.4. The zero-order valence-electron chi connectivity index (χ0n) is 13.1. The maximum Gasteiger partial charge on any atom is 0.147 e. The van der Waals surface area contributed by atoms with E-state index < -0.39 is 0 Å². The fourth-order valence-corrected chi connectivity index (χ4v) is 3.42. The lowest BCUT2D eigenvalue weighted by atomic mass is 10.1. The second-order valence-electron chi connectivity index (χ2n) is 5.62. The number of aryl methyl sites for hydroxylation is 1. The van der Waals surface area contributed by atoms with Crippen LogP contribution in [0.25, 0.3) is 27.7 Å². The van der Waals surface area contributed by atoms with E-state index in [0.29, 0.717) is 5.82 Å². The van der Waals surface area contributed by atoms with E-state index in [4.69, 9.17) is 10.7 Å². The van der Waals surface area contributed by atoms with Gasteiger partial charge in [-0.3, -0.25) is 4.40 Å². The molecule has 3 nitrogen and oxygen atoms in total. The maximum absolute atomic E-state index is 6.40. The smallest absolute Gasteiger partial charge is 0.147 e. The number of anilines is 1. The molecule has 0 atom stereocenters. The van der Waals surface area contributed by atoms with E-state index in [-0.39, 0.29) is 0 Å². The SMILES string of the molecule is CSc1ccc2ccn3c(N)c(-c4ccccc4C)nc3c2c1. The molecule has 0 saturated heterocycles. The Morgan fingerprint density at radius 2 is 1.91 bits per heavy atom. The van der Waals surface area contributed by atoms with Crippen molar-refractivity contribution in [2.45, 2.75) is 11.8 Å². The second-order valence-corrected chi connectivity index (χ2v) is 6.50. The first-order chi connectivity index (χ1) is 11.2. The summed E-state index contributed by atoms with van der Waals surface area (Å²) in [6.45, 7) is 2.09. The summed E-state index contributed by atoms with van der Waals surface area (Å²) in [6, 6.07) is 16.8. The standard InChI is InChI=1S/C19H17N3S/c1-12-5-3-4-6-15(12)17-18(20)22-10-9-13-7-8-14(23-2)11-16(13)19(22)21-17/h3-11H,20H2,1-2H3. The van der Waals surface area contributed by atoms with Crippen LogP contribution in [-0.2, 0) is 0 Å². The summed E-state index contributed by atoms with van der Waals surface area (Å²) < 4.78 is 1.98. The highest BCUT2D eigenvalue weighted by molar-refractivity contribution is 7.98. The molecule has 4 heteroatoms. The highest BCUT2D eigenvalue weighted by Crippen LogP contribution is 2.32. The first-order valence-corrected chi connectivity index (χ1v) is 8.72. The van der Waals surface area contributed by atoms with Gasteiger partial charge >= 0.3 is 0 Å². The lowest BCUT2D eigenvalue weighted by Crippen LogP contribution is -1.94. The fraction of sp³-hybridized carbons (Fsp3) is 0.105. The van der Waals surface area contributed by atoms with Gasteiger partial charge in [0, 0.05) is 22.0 Å². The Bertz CT molecular complexity index is 1030. The molecule has 2 heterocycles. The summed E-state index contributed by atoms with van der Waals surface area (Å²) in [5.74, 6) is 0.686. The number of pyridine rings is 1. The molecule has 0 amide bonds. The number of rotatable bonds is 2. The predicted molar refractivity (Wildman–Crippen MR) is 99.1 cm³/mol. The molecule has 0 spiro atoms. The van der Waals surface area contributed by atoms with E-state index in [1.807, 2.05) is 22.7 Å². The first kappa shape index (κ1) is 14.2. The third kappa shape index (κ3) is 2.18. The van der Waals surface area contributed by atoms with Gasteiger partial charge in [0.25, 0.3) is 0 Å². The minimum Gasteiger partial charge on any atom is -0.383 e. The lowest BCUT2D eigenvalue weighted by Gasteiger charge is -2.04. The van der Waals surface area contributed by atoms with E-state index in [1.54, 1.807) is 11.8 Å². The summed E-state index contributed by atoms with van der Waals surface area (Å²) in [5.41, 5.74) is 10.4. The summed E-state index contributed by atoms with van der Waals surface area (Å²) >= 11 is 1.73. The molecule has 0 saturated carbocycles. The van der Waals surface area contributed by atoms with Gasteiger partial charge in [0.2, 0.25) is 0 Å². The van der Waals surface area contributed by atoms with E-state index >= 15 is 0 Å². The largest absolute Gasteiger partial charge is 0.383 e. The summed E-state index contributed by atoms with van der Waals surface area (Å²) in [4.78, 5) is 6.10. The summed E-state index contributed by atoms with van der Waals surface area (Å²) in [6.07, 6.45) is 4.08. The summed E-state index contributed by atoms with van der Waals surface area (Å²) in [7, 11) is 0. The van der Waals surface area contributed by atoms with Crippen LogP contribution in [0.4, 0.5) is 5.82 Å². The van der Waals surface area contributed by atoms with Crippen molar-refractivity contribution >= 4 is 34.0 Å². The van der Waals surface area contributed by atoms with Gasteiger partial charge < -0.3 is 5.73 Å². The number of aromatic nitrogens is 2. The zero-order valence-corrected chi connectivity index (χ0v) is 13.9. The number of thioether (sulfide) groups is 1. The molecule has 4 aromatic rings. The minimum absolute atomic E-state index is 0.686. The van der Waals surface area contributed by atoms with Crippen molar-refractivity contribution < 1.29 is 0 Å². The molecule has 2 aromatic carbocycles. The van der Waals surface area contributed by atoms with E-state index in [9.17, 15) is 0 Å². The molecule has 0 aliphatic carbocycles. The highest BCUT2D eigenvalue weighted by atomic mass is 32.2. The van der Waals surface area contributed by atoms with Crippen LogP contribution in [0.1, 0.15) is 5.56 Å². The van der Waals surface area contributed by atoms with Crippen LogP contribution in [-0.4, -0.2) is 15.6 Å². The second kappa shape index (κ2) is 5.32. The minimum atomic E-state index is 0.686. The Hall–Kier alpha value is -2.46. The number of nitrogens with zero attached hydrogens (tertiary/aromatic N) is 2. The van der Waals surface area contributed by atoms with Crippen molar-refractivity contribution in [3.05, 3.63) is 60.3 Å². The average molecular weight is 319 g/mol. The number of nitrogen functional groups attached to an aromatic ring is 1. The van der Waals surface area contributed by atoms with Gasteiger partial charge in [-0.15, -0.1) is 11.8 Å². The van der Waals surface area contributed by atoms with Crippen LogP contribution in [0.15, 0.2) is 59.6 Å². The monoisotopic (exact) mass is 319 g/mol. The van der Waals surface area contributed by atoms with E-state index in [2.05, 4.69) is 49.6 Å². The molecule has 0 aliphatic rings. The maximum atomic E-state index is 6.40.